The average molecular weight is 978 g/mol. The first-order valence-corrected chi connectivity index (χ1v) is 19.3. The van der Waals surface area contributed by atoms with E-state index < -0.39 is 17.6 Å². The van der Waals surface area contributed by atoms with Crippen LogP contribution in [0.25, 0.3) is 5.76 Å². The Hall–Kier alpha value is -2.56. The highest BCUT2D eigenvalue weighted by Crippen LogP contribution is 2.55. The fraction of sp³-hybridized carbons (Fsp3) is 0.289. The van der Waals surface area contributed by atoms with Gasteiger partial charge in [-0.2, -0.15) is 10.2 Å². The summed E-state index contributed by atoms with van der Waals surface area (Å²) in [6.07, 6.45) is 6.39. The number of carbonyl (C=O) groups excluding carboxylic acids is 1. The van der Waals surface area contributed by atoms with E-state index in [0.717, 1.165) is 38.8 Å². The lowest BCUT2D eigenvalue weighted by Gasteiger charge is -2.47. The molecule has 0 spiro atoms. The van der Waals surface area contributed by atoms with Gasteiger partial charge in [0, 0.05) is 82.6 Å². The van der Waals surface area contributed by atoms with Crippen molar-refractivity contribution in [3.8, 4) is 0 Å². The Morgan fingerprint density at radius 1 is 0.833 bits per heavy atom. The third-order valence-corrected chi connectivity index (χ3v) is 11.4. The van der Waals surface area contributed by atoms with E-state index >= 15 is 0 Å². The van der Waals surface area contributed by atoms with Gasteiger partial charge in [0.15, 0.2) is 5.78 Å². The van der Waals surface area contributed by atoms with Crippen LogP contribution >= 0.6 is 67.8 Å². The number of ketones is 1. The molecule has 248 valence electrons. The van der Waals surface area contributed by atoms with Gasteiger partial charge >= 0.3 is 0 Å². The molecule has 1 aliphatic rings. The topological polar surface area (TPSA) is 82.2 Å². The second kappa shape index (κ2) is 14.7. The van der Waals surface area contributed by atoms with Crippen molar-refractivity contribution in [3.63, 3.8) is 0 Å². The molecule has 10 heteroatoms. The van der Waals surface area contributed by atoms with Crippen molar-refractivity contribution in [2.24, 2.45) is 5.92 Å². The number of hydrogen-bond donors (Lipinski definition) is 1. The van der Waals surface area contributed by atoms with Crippen molar-refractivity contribution >= 4 is 79.3 Å². The highest BCUT2D eigenvalue weighted by molar-refractivity contribution is 14.1. The number of aliphatic hydroxyl groups is 1. The van der Waals surface area contributed by atoms with Gasteiger partial charge in [-0.15, -0.1) is 0 Å². The van der Waals surface area contributed by atoms with Crippen molar-refractivity contribution in [2.75, 3.05) is 0 Å². The Balaban J connectivity index is 1.63. The minimum Gasteiger partial charge on any atom is -0.458 e. The fourth-order valence-corrected chi connectivity index (χ4v) is 7.84. The Morgan fingerprint density at radius 2 is 1.38 bits per heavy atom. The van der Waals surface area contributed by atoms with Gasteiger partial charge in [-0.05, 0) is 144 Å². The molecule has 48 heavy (non-hydrogen) atoms. The van der Waals surface area contributed by atoms with Crippen LogP contribution in [0, 0.1) is 30.5 Å². The Kier molecular flexibility index (Phi) is 10.8. The Bertz CT molecular complexity index is 1950. The van der Waals surface area contributed by atoms with Crippen molar-refractivity contribution < 1.29 is 14.6 Å². The zero-order valence-electron chi connectivity index (χ0n) is 27.2. The van der Waals surface area contributed by atoms with E-state index in [1.807, 2.05) is 102 Å². The van der Waals surface area contributed by atoms with Crippen LogP contribution in [0.15, 0.2) is 91.3 Å². The number of nitrogens with zero attached hydrogens (tertiary/aromatic N) is 4. The van der Waals surface area contributed by atoms with Gasteiger partial charge in [-0.1, -0.05) is 36.4 Å². The van der Waals surface area contributed by atoms with Gasteiger partial charge in [0.1, 0.15) is 5.76 Å². The molecular formula is C38H37I3N4O3. The Labute approximate surface area is 322 Å². The van der Waals surface area contributed by atoms with Crippen molar-refractivity contribution in [2.45, 2.75) is 64.8 Å². The molecule has 6 rings (SSSR count). The van der Waals surface area contributed by atoms with Crippen LogP contribution in [0.4, 0.5) is 0 Å². The van der Waals surface area contributed by atoms with Crippen LogP contribution < -0.4 is 0 Å². The predicted octanol–water partition coefficient (Wildman–Crippen LogP) is 9.22. The smallest absolute Gasteiger partial charge is 0.239 e. The third-order valence-electron chi connectivity index (χ3n) is 9.20. The van der Waals surface area contributed by atoms with Crippen LogP contribution in [-0.4, -0.2) is 30.5 Å². The lowest BCUT2D eigenvalue weighted by molar-refractivity contribution is -0.221. The van der Waals surface area contributed by atoms with E-state index in [9.17, 15) is 9.90 Å². The quantitative estimate of drug-likeness (QED) is 0.112. The molecule has 1 aliphatic heterocycles. The molecule has 0 amide bonds. The number of aromatic nitrogens is 4. The van der Waals surface area contributed by atoms with Crippen LogP contribution in [0.5, 0.6) is 0 Å². The van der Waals surface area contributed by atoms with Gasteiger partial charge in [0.05, 0.1) is 11.4 Å². The summed E-state index contributed by atoms with van der Waals surface area (Å²) in [5, 5.41) is 23.0. The average Bonchev–Trinajstić information content (AvgIpc) is 3.65. The highest BCUT2D eigenvalue weighted by atomic mass is 127. The van der Waals surface area contributed by atoms with Crippen LogP contribution in [0.1, 0.15) is 76.1 Å². The van der Waals surface area contributed by atoms with Gasteiger partial charge in [0.2, 0.25) is 5.79 Å². The first-order valence-electron chi connectivity index (χ1n) is 16.0. The lowest BCUT2D eigenvalue weighted by atomic mass is 9.66. The molecule has 4 atom stereocenters. The lowest BCUT2D eigenvalue weighted by Crippen LogP contribution is -2.46. The normalized spacial score (nSPS) is 19.9. The van der Waals surface area contributed by atoms with Gasteiger partial charge in [-0.3, -0.25) is 14.2 Å². The van der Waals surface area contributed by atoms with Crippen molar-refractivity contribution in [1.82, 2.24) is 19.6 Å². The number of rotatable bonds is 10. The van der Waals surface area contributed by atoms with Gasteiger partial charge in [0.25, 0.3) is 0 Å². The molecule has 0 fully saturated rings. The number of benzene rings is 3. The molecular weight excluding hydrogens is 941 g/mol. The Morgan fingerprint density at radius 3 is 1.94 bits per heavy atom. The van der Waals surface area contributed by atoms with E-state index in [1.165, 1.54) is 0 Å². The molecule has 7 nitrogen and oxygen atoms in total. The number of ether oxygens (including phenoxy) is 1. The number of aryl methyl sites for hydroxylation is 4. The van der Waals surface area contributed by atoms with Crippen LogP contribution in [0.2, 0.25) is 0 Å². The van der Waals surface area contributed by atoms with Crippen LogP contribution in [0.3, 0.4) is 0 Å². The summed E-state index contributed by atoms with van der Waals surface area (Å²) in [6, 6.07) is 23.6. The number of carbonyl (C=O) groups is 1. The zero-order chi connectivity index (χ0) is 34.2. The summed E-state index contributed by atoms with van der Waals surface area (Å²) < 4.78 is 13.9. The minimum atomic E-state index is -1.82. The molecule has 0 saturated carbocycles. The maximum Gasteiger partial charge on any atom is 0.239 e. The molecule has 0 radical (unpaired) electrons. The number of Topliss-reactive ketones (excluding diaryl/α,β-unsaturated/α-hetero) is 1. The predicted molar refractivity (Wildman–Crippen MR) is 214 cm³/mol. The second-order valence-corrected chi connectivity index (χ2v) is 15.9. The summed E-state index contributed by atoms with van der Waals surface area (Å²) in [5.74, 6) is -2.69. The monoisotopic (exact) mass is 978 g/mol. The first kappa shape index (κ1) is 35.3. The third kappa shape index (κ3) is 7.17. The molecule has 3 aromatic carbocycles. The minimum absolute atomic E-state index is 0.00264. The van der Waals surface area contributed by atoms with Gasteiger partial charge < -0.3 is 9.84 Å². The standard InChI is InChI=1S/C38H37I3N4O3/c1-5-44-21-33(23(3)42-44)31(19-35(46)25-7-13-28(39)14-8-25)37-32(34-22-45(6-2)43-24(34)4)20-36(26-9-15-29(40)16-10-26)48-38(37,47)27-11-17-30(41)18-12-27/h7-18,20-22,31-32,37,47H,5-6,19H2,1-4H3/t31-,32+,37+,38-/m1/s1. The number of halogens is 3. The summed E-state index contributed by atoms with van der Waals surface area (Å²) in [4.78, 5) is 14.3. The molecule has 0 unspecified atom stereocenters. The fourth-order valence-electron chi connectivity index (χ4n) is 6.76. The van der Waals surface area contributed by atoms with E-state index in [1.54, 1.807) is 0 Å². The second-order valence-electron chi connectivity index (χ2n) is 12.2. The summed E-state index contributed by atoms with van der Waals surface area (Å²) in [7, 11) is 0. The zero-order valence-corrected chi connectivity index (χ0v) is 33.7. The van der Waals surface area contributed by atoms with E-state index in [2.05, 4.69) is 93.9 Å². The van der Waals surface area contributed by atoms with E-state index in [0.29, 0.717) is 30.0 Å². The van der Waals surface area contributed by atoms with Crippen molar-refractivity contribution in [1.29, 1.82) is 0 Å². The SMILES string of the molecule is CCn1cc([C@@H](CC(=O)c2ccc(I)cc2)[C@H]2[C@H](c3cn(CC)nc3C)C=C(c3ccc(I)cc3)O[C@]2(O)c2ccc(I)cc2)c(C)n1. The molecule has 5 aromatic rings. The maximum absolute atomic E-state index is 14.3. The van der Waals surface area contributed by atoms with E-state index in [4.69, 9.17) is 14.9 Å². The van der Waals surface area contributed by atoms with Gasteiger partial charge in [-0.25, -0.2) is 0 Å². The number of hydrogen-bond acceptors (Lipinski definition) is 5. The number of allylic oxidation sites excluding steroid dienone is 1. The summed E-state index contributed by atoms with van der Waals surface area (Å²) >= 11 is 6.82. The molecule has 1 N–H and O–H groups in total. The van der Waals surface area contributed by atoms with Crippen molar-refractivity contribution in [3.05, 3.63) is 141 Å². The molecule has 0 bridgehead atoms. The van der Waals surface area contributed by atoms with E-state index in [-0.39, 0.29) is 18.1 Å². The highest BCUT2D eigenvalue weighted by Gasteiger charge is 2.54. The maximum atomic E-state index is 14.3. The molecule has 2 aromatic heterocycles. The molecule has 0 aliphatic carbocycles. The largest absolute Gasteiger partial charge is 0.458 e. The summed E-state index contributed by atoms with van der Waals surface area (Å²) in [5.41, 5.74) is 5.74. The van der Waals surface area contributed by atoms with Crippen LogP contribution in [-0.2, 0) is 23.6 Å². The summed E-state index contributed by atoms with van der Waals surface area (Å²) in [6.45, 7) is 9.51. The molecule has 0 saturated heterocycles. The molecule has 3 heterocycles. The first-order chi connectivity index (χ1) is 23.0.